The highest BCUT2D eigenvalue weighted by molar-refractivity contribution is 5.10. The molecule has 0 radical (unpaired) electrons. The molecule has 0 N–H and O–H groups in total. The quantitative estimate of drug-likeness (QED) is 0.433. The number of hydrogen-bond acceptors (Lipinski definition) is 0. The Morgan fingerprint density at radius 1 is 1.22 bits per heavy atom. The predicted molar refractivity (Wildman–Crippen MR) is 39.2 cm³/mol. The maximum Gasteiger partial charge on any atom is -0.0177 e. The molecule has 2 fully saturated rings. The SMILES string of the molecule is C=C1CCC2CCCC12. The smallest absolute Gasteiger partial charge is 0.0177 e. The summed E-state index contributed by atoms with van der Waals surface area (Å²) in [5, 5.41) is 0. The molecule has 0 spiro atoms. The molecule has 2 unspecified atom stereocenters. The molecule has 0 nitrogen and oxygen atoms in total. The van der Waals surface area contributed by atoms with E-state index in [1.807, 2.05) is 0 Å². The van der Waals surface area contributed by atoms with Gasteiger partial charge in [0.15, 0.2) is 0 Å². The first-order chi connectivity index (χ1) is 4.38. The van der Waals surface area contributed by atoms with Gasteiger partial charge in [-0.1, -0.05) is 18.6 Å². The fourth-order valence-corrected chi connectivity index (χ4v) is 2.48. The number of allylic oxidation sites excluding steroid dienone is 1. The molecule has 2 aliphatic rings. The van der Waals surface area contributed by atoms with Crippen molar-refractivity contribution in [2.45, 2.75) is 32.1 Å². The van der Waals surface area contributed by atoms with Crippen molar-refractivity contribution in [1.82, 2.24) is 0 Å². The minimum Gasteiger partial charge on any atom is -0.0996 e. The van der Waals surface area contributed by atoms with E-state index >= 15 is 0 Å². The largest absolute Gasteiger partial charge is 0.0996 e. The van der Waals surface area contributed by atoms with Crippen LogP contribution in [0.15, 0.2) is 12.2 Å². The summed E-state index contributed by atoms with van der Waals surface area (Å²) in [4.78, 5) is 0. The van der Waals surface area contributed by atoms with Crippen LogP contribution in [0.1, 0.15) is 32.1 Å². The third kappa shape index (κ3) is 0.726. The Hall–Kier alpha value is -0.260. The molecular formula is C9H14. The van der Waals surface area contributed by atoms with Gasteiger partial charge in [-0.05, 0) is 37.5 Å². The van der Waals surface area contributed by atoms with Crippen molar-refractivity contribution in [3.63, 3.8) is 0 Å². The molecule has 0 aromatic carbocycles. The molecule has 2 rings (SSSR count). The van der Waals surface area contributed by atoms with Gasteiger partial charge in [-0.25, -0.2) is 0 Å². The molecule has 0 aromatic rings. The molecule has 0 heteroatoms. The Morgan fingerprint density at radius 2 is 2.11 bits per heavy atom. The Morgan fingerprint density at radius 3 is 2.89 bits per heavy atom. The van der Waals surface area contributed by atoms with Crippen LogP contribution in [0.2, 0.25) is 0 Å². The summed E-state index contributed by atoms with van der Waals surface area (Å²) >= 11 is 0. The van der Waals surface area contributed by atoms with Gasteiger partial charge >= 0.3 is 0 Å². The van der Waals surface area contributed by atoms with Gasteiger partial charge in [0.1, 0.15) is 0 Å². The zero-order valence-corrected chi connectivity index (χ0v) is 5.90. The molecule has 2 saturated carbocycles. The zero-order chi connectivity index (χ0) is 6.27. The summed E-state index contributed by atoms with van der Waals surface area (Å²) in [5.41, 5.74) is 1.55. The third-order valence-electron chi connectivity index (χ3n) is 3.02. The van der Waals surface area contributed by atoms with Gasteiger partial charge in [0.25, 0.3) is 0 Å². The Kier molecular flexibility index (Phi) is 1.14. The topological polar surface area (TPSA) is 0 Å². The second kappa shape index (κ2) is 1.86. The van der Waals surface area contributed by atoms with E-state index in [9.17, 15) is 0 Å². The Labute approximate surface area is 57.0 Å². The highest BCUT2D eigenvalue weighted by Gasteiger charge is 2.33. The highest BCUT2D eigenvalue weighted by Crippen LogP contribution is 2.46. The van der Waals surface area contributed by atoms with Crippen LogP contribution in [0.4, 0.5) is 0 Å². The molecule has 2 atom stereocenters. The molecule has 0 aromatic heterocycles. The lowest BCUT2D eigenvalue weighted by molar-refractivity contribution is 0.491. The molecule has 0 aliphatic heterocycles. The van der Waals surface area contributed by atoms with Gasteiger partial charge in [-0.3, -0.25) is 0 Å². The maximum absolute atomic E-state index is 4.10. The molecule has 2 aliphatic carbocycles. The second-order valence-electron chi connectivity index (χ2n) is 3.49. The summed E-state index contributed by atoms with van der Waals surface area (Å²) in [5.74, 6) is 2.00. The number of fused-ring (bicyclic) bond motifs is 1. The fraction of sp³-hybridized carbons (Fsp3) is 0.778. The Balaban J connectivity index is 2.15. The maximum atomic E-state index is 4.10. The average molecular weight is 122 g/mol. The summed E-state index contributed by atoms with van der Waals surface area (Å²) < 4.78 is 0. The molecule has 0 saturated heterocycles. The summed E-state index contributed by atoms with van der Waals surface area (Å²) in [6.45, 7) is 4.10. The predicted octanol–water partition coefficient (Wildman–Crippen LogP) is 2.75. The highest BCUT2D eigenvalue weighted by atomic mass is 14.4. The van der Waals surface area contributed by atoms with Gasteiger partial charge in [0, 0.05) is 0 Å². The van der Waals surface area contributed by atoms with Crippen molar-refractivity contribution in [2.24, 2.45) is 11.8 Å². The minimum atomic E-state index is 0.949. The van der Waals surface area contributed by atoms with Gasteiger partial charge in [0.2, 0.25) is 0 Å². The van der Waals surface area contributed by atoms with E-state index in [2.05, 4.69) is 6.58 Å². The van der Waals surface area contributed by atoms with Crippen LogP contribution in [-0.4, -0.2) is 0 Å². The summed E-state index contributed by atoms with van der Waals surface area (Å²) in [6, 6.07) is 0. The monoisotopic (exact) mass is 122 g/mol. The van der Waals surface area contributed by atoms with E-state index < -0.39 is 0 Å². The van der Waals surface area contributed by atoms with Crippen molar-refractivity contribution < 1.29 is 0 Å². The van der Waals surface area contributed by atoms with Crippen LogP contribution in [0.5, 0.6) is 0 Å². The van der Waals surface area contributed by atoms with Crippen LogP contribution in [0.25, 0.3) is 0 Å². The van der Waals surface area contributed by atoms with E-state index in [4.69, 9.17) is 0 Å². The van der Waals surface area contributed by atoms with Crippen molar-refractivity contribution in [3.05, 3.63) is 12.2 Å². The first-order valence-corrected chi connectivity index (χ1v) is 4.05. The molecule has 0 heterocycles. The van der Waals surface area contributed by atoms with E-state index in [0.717, 1.165) is 11.8 Å². The lowest BCUT2D eigenvalue weighted by Gasteiger charge is -2.07. The van der Waals surface area contributed by atoms with Crippen LogP contribution < -0.4 is 0 Å². The van der Waals surface area contributed by atoms with Crippen molar-refractivity contribution in [2.75, 3.05) is 0 Å². The van der Waals surface area contributed by atoms with Crippen LogP contribution in [-0.2, 0) is 0 Å². The van der Waals surface area contributed by atoms with Crippen molar-refractivity contribution in [1.29, 1.82) is 0 Å². The normalized spacial score (nSPS) is 41.6. The number of hydrogen-bond donors (Lipinski definition) is 0. The van der Waals surface area contributed by atoms with E-state index in [0.29, 0.717) is 0 Å². The second-order valence-corrected chi connectivity index (χ2v) is 3.49. The molecule has 50 valence electrons. The van der Waals surface area contributed by atoms with Gasteiger partial charge in [-0.15, -0.1) is 0 Å². The summed E-state index contributed by atoms with van der Waals surface area (Å²) in [7, 11) is 0. The molecule has 0 amide bonds. The lowest BCUT2D eigenvalue weighted by Crippen LogP contribution is -1.97. The van der Waals surface area contributed by atoms with Crippen LogP contribution >= 0.6 is 0 Å². The summed E-state index contributed by atoms with van der Waals surface area (Å²) in [6.07, 6.45) is 7.18. The standard InChI is InChI=1S/C9H14/c1-7-5-6-8-3-2-4-9(7)8/h8-9H,1-6H2. The molecule has 9 heavy (non-hydrogen) atoms. The first-order valence-electron chi connectivity index (χ1n) is 4.05. The Bertz CT molecular complexity index is 135. The number of rotatable bonds is 0. The molecular weight excluding hydrogens is 108 g/mol. The first kappa shape index (κ1) is 5.52. The average Bonchev–Trinajstić information content (AvgIpc) is 2.35. The minimum absolute atomic E-state index is 0.949. The lowest BCUT2D eigenvalue weighted by atomic mass is 9.98. The zero-order valence-electron chi connectivity index (χ0n) is 5.90. The van der Waals surface area contributed by atoms with E-state index in [-0.39, 0.29) is 0 Å². The molecule has 0 bridgehead atoms. The fourth-order valence-electron chi connectivity index (χ4n) is 2.48. The van der Waals surface area contributed by atoms with Crippen molar-refractivity contribution >= 4 is 0 Å². The van der Waals surface area contributed by atoms with E-state index in [1.165, 1.54) is 32.1 Å². The van der Waals surface area contributed by atoms with Gasteiger partial charge in [0.05, 0.1) is 0 Å². The van der Waals surface area contributed by atoms with Gasteiger partial charge < -0.3 is 0 Å². The van der Waals surface area contributed by atoms with Crippen LogP contribution in [0.3, 0.4) is 0 Å². The van der Waals surface area contributed by atoms with Crippen LogP contribution in [0, 0.1) is 11.8 Å². The van der Waals surface area contributed by atoms with E-state index in [1.54, 1.807) is 5.57 Å². The van der Waals surface area contributed by atoms with Gasteiger partial charge in [-0.2, -0.15) is 0 Å². The third-order valence-corrected chi connectivity index (χ3v) is 3.02. The van der Waals surface area contributed by atoms with Crippen molar-refractivity contribution in [3.8, 4) is 0 Å².